The molecule has 5 heteroatoms. The monoisotopic (exact) mass is 333 g/mol. The highest BCUT2D eigenvalue weighted by atomic mass is 35.5. The third-order valence-electron chi connectivity index (χ3n) is 3.38. The summed E-state index contributed by atoms with van der Waals surface area (Å²) in [7, 11) is 1.54. The minimum atomic E-state index is -0.571. The Labute approximate surface area is 141 Å². The van der Waals surface area contributed by atoms with Crippen molar-refractivity contribution in [3.63, 3.8) is 0 Å². The second kappa shape index (κ2) is 7.88. The van der Waals surface area contributed by atoms with Crippen LogP contribution in [0.2, 0.25) is 5.02 Å². The number of amides is 1. The van der Waals surface area contributed by atoms with Crippen LogP contribution >= 0.6 is 11.6 Å². The zero-order valence-corrected chi connectivity index (χ0v) is 14.2. The predicted octanol–water partition coefficient (Wildman–Crippen LogP) is 4.45. The number of carbonyl (C=O) groups excluding carboxylic acids is 1. The van der Waals surface area contributed by atoms with Crippen LogP contribution in [0.5, 0.6) is 11.5 Å². The predicted molar refractivity (Wildman–Crippen MR) is 92.5 cm³/mol. The van der Waals surface area contributed by atoms with Gasteiger partial charge < -0.3 is 14.8 Å². The van der Waals surface area contributed by atoms with E-state index in [0.29, 0.717) is 28.6 Å². The maximum absolute atomic E-state index is 12.4. The lowest BCUT2D eigenvalue weighted by Crippen LogP contribution is -2.32. The molecule has 4 nitrogen and oxygen atoms in total. The Bertz CT molecular complexity index is 670. The number of benzene rings is 2. The topological polar surface area (TPSA) is 47.6 Å². The first-order valence-electron chi connectivity index (χ1n) is 7.41. The molecule has 0 saturated heterocycles. The summed E-state index contributed by atoms with van der Waals surface area (Å²) < 4.78 is 10.9. The van der Waals surface area contributed by atoms with Crippen molar-refractivity contribution in [1.82, 2.24) is 0 Å². The summed E-state index contributed by atoms with van der Waals surface area (Å²) in [4.78, 5) is 12.4. The lowest BCUT2D eigenvalue weighted by atomic mass is 10.2. The first-order valence-corrected chi connectivity index (χ1v) is 7.79. The van der Waals surface area contributed by atoms with Crippen molar-refractivity contribution in [3.8, 4) is 11.5 Å². The lowest BCUT2D eigenvalue weighted by Gasteiger charge is -2.17. The third kappa shape index (κ3) is 4.63. The Morgan fingerprint density at radius 2 is 1.91 bits per heavy atom. The van der Waals surface area contributed by atoms with Gasteiger partial charge >= 0.3 is 0 Å². The van der Waals surface area contributed by atoms with Gasteiger partial charge in [0.25, 0.3) is 5.91 Å². The Morgan fingerprint density at radius 1 is 1.22 bits per heavy atom. The fourth-order valence-corrected chi connectivity index (χ4v) is 2.33. The van der Waals surface area contributed by atoms with Crippen molar-refractivity contribution in [1.29, 1.82) is 0 Å². The molecule has 0 radical (unpaired) electrons. The fourth-order valence-electron chi connectivity index (χ4n) is 2.07. The molecule has 0 spiro atoms. The average molecular weight is 334 g/mol. The summed E-state index contributed by atoms with van der Waals surface area (Å²) in [6.45, 7) is 3.90. The summed E-state index contributed by atoms with van der Waals surface area (Å²) in [6, 6.07) is 12.7. The van der Waals surface area contributed by atoms with Crippen molar-refractivity contribution < 1.29 is 14.3 Å². The lowest BCUT2D eigenvalue weighted by molar-refractivity contribution is -0.122. The number of halogens is 1. The first kappa shape index (κ1) is 17.2. The number of anilines is 1. The van der Waals surface area contributed by atoms with E-state index in [2.05, 4.69) is 5.32 Å². The maximum atomic E-state index is 12.4. The molecule has 2 aromatic carbocycles. The zero-order valence-electron chi connectivity index (χ0n) is 13.4. The summed E-state index contributed by atoms with van der Waals surface area (Å²) in [5.41, 5.74) is 1.74. The van der Waals surface area contributed by atoms with E-state index in [9.17, 15) is 4.79 Å². The Hall–Kier alpha value is -2.20. The number of carbonyl (C=O) groups is 1. The highest BCUT2D eigenvalue weighted by molar-refractivity contribution is 6.32. The van der Waals surface area contributed by atoms with E-state index < -0.39 is 6.10 Å². The van der Waals surface area contributed by atoms with Crippen molar-refractivity contribution in [2.24, 2.45) is 0 Å². The van der Waals surface area contributed by atoms with Crippen molar-refractivity contribution in [3.05, 3.63) is 53.1 Å². The van der Waals surface area contributed by atoms with Crippen molar-refractivity contribution in [2.75, 3.05) is 12.4 Å². The third-order valence-corrected chi connectivity index (χ3v) is 3.68. The first-order chi connectivity index (χ1) is 11.0. The highest BCUT2D eigenvalue weighted by Gasteiger charge is 2.19. The second-order valence-electron chi connectivity index (χ2n) is 5.17. The van der Waals surface area contributed by atoms with Gasteiger partial charge in [0.1, 0.15) is 11.5 Å². The Kier molecular flexibility index (Phi) is 5.88. The Morgan fingerprint density at radius 3 is 2.48 bits per heavy atom. The quantitative estimate of drug-likeness (QED) is 0.849. The summed E-state index contributed by atoms with van der Waals surface area (Å²) >= 11 is 6.06. The van der Waals surface area contributed by atoms with Crippen LogP contribution in [0.1, 0.15) is 18.9 Å². The highest BCUT2D eigenvalue weighted by Crippen LogP contribution is 2.27. The molecule has 1 unspecified atom stereocenters. The SMILES string of the molecule is CCC(Oc1ccc(C)cc1)C(=O)Nc1ccc(OC)c(Cl)c1. The van der Waals surface area contributed by atoms with Crippen LogP contribution in [0, 0.1) is 6.92 Å². The molecular weight excluding hydrogens is 314 g/mol. The van der Waals surface area contributed by atoms with Crippen LogP contribution < -0.4 is 14.8 Å². The van der Waals surface area contributed by atoms with Crippen molar-refractivity contribution in [2.45, 2.75) is 26.4 Å². The maximum Gasteiger partial charge on any atom is 0.265 e. The Balaban J connectivity index is 2.04. The summed E-state index contributed by atoms with van der Waals surface area (Å²) in [5.74, 6) is 1.02. The molecular formula is C18H20ClNO3. The molecule has 1 amide bonds. The molecule has 0 aliphatic heterocycles. The molecule has 2 aromatic rings. The standard InChI is InChI=1S/C18H20ClNO3/c1-4-16(23-14-8-5-12(2)6-9-14)18(21)20-13-7-10-17(22-3)15(19)11-13/h5-11,16H,4H2,1-3H3,(H,20,21). The van der Waals surface area contributed by atoms with Crippen LogP contribution in [0.25, 0.3) is 0 Å². The van der Waals surface area contributed by atoms with Crippen LogP contribution in [0.4, 0.5) is 5.69 Å². The van der Waals surface area contributed by atoms with Gasteiger partial charge in [-0.25, -0.2) is 0 Å². The van der Waals surface area contributed by atoms with Crippen LogP contribution in [0.3, 0.4) is 0 Å². The van der Waals surface area contributed by atoms with Crippen LogP contribution in [-0.2, 0) is 4.79 Å². The van der Waals surface area contributed by atoms with E-state index in [0.717, 1.165) is 5.56 Å². The van der Waals surface area contributed by atoms with E-state index in [4.69, 9.17) is 21.1 Å². The van der Waals surface area contributed by atoms with Gasteiger partial charge in [0, 0.05) is 5.69 Å². The average Bonchev–Trinajstić information content (AvgIpc) is 2.54. The van der Waals surface area contributed by atoms with E-state index in [1.165, 1.54) is 0 Å². The van der Waals surface area contributed by atoms with Gasteiger partial charge in [0.05, 0.1) is 12.1 Å². The van der Waals surface area contributed by atoms with Gasteiger partial charge in [0.2, 0.25) is 0 Å². The minimum Gasteiger partial charge on any atom is -0.495 e. The number of ether oxygens (including phenoxy) is 2. The van der Waals surface area contributed by atoms with Gasteiger partial charge in [-0.15, -0.1) is 0 Å². The van der Waals surface area contributed by atoms with Gasteiger partial charge in [0.15, 0.2) is 6.10 Å². The van der Waals surface area contributed by atoms with E-state index in [-0.39, 0.29) is 5.91 Å². The number of hydrogen-bond acceptors (Lipinski definition) is 3. The molecule has 0 saturated carbocycles. The second-order valence-corrected chi connectivity index (χ2v) is 5.57. The number of rotatable bonds is 6. The molecule has 122 valence electrons. The van der Waals surface area contributed by atoms with Crippen molar-refractivity contribution >= 4 is 23.2 Å². The number of nitrogens with one attached hydrogen (secondary N) is 1. The van der Waals surface area contributed by atoms with E-state index >= 15 is 0 Å². The molecule has 0 fully saturated rings. The minimum absolute atomic E-state index is 0.214. The summed E-state index contributed by atoms with van der Waals surface area (Å²) in [5, 5.41) is 3.26. The molecule has 2 rings (SSSR count). The van der Waals surface area contributed by atoms with E-state index in [1.807, 2.05) is 38.1 Å². The molecule has 0 aliphatic rings. The number of hydrogen-bond donors (Lipinski definition) is 1. The fraction of sp³-hybridized carbons (Fsp3) is 0.278. The summed E-state index contributed by atoms with van der Waals surface area (Å²) in [6.07, 6.45) is -0.0116. The molecule has 0 heterocycles. The normalized spacial score (nSPS) is 11.7. The molecule has 1 N–H and O–H groups in total. The molecule has 23 heavy (non-hydrogen) atoms. The number of aryl methyl sites for hydroxylation is 1. The largest absolute Gasteiger partial charge is 0.495 e. The van der Waals surface area contributed by atoms with Gasteiger partial charge in [-0.3, -0.25) is 4.79 Å². The van der Waals surface area contributed by atoms with Gasteiger partial charge in [-0.2, -0.15) is 0 Å². The van der Waals surface area contributed by atoms with E-state index in [1.54, 1.807) is 25.3 Å². The number of methoxy groups -OCH3 is 1. The molecule has 0 aliphatic carbocycles. The van der Waals surface area contributed by atoms with Gasteiger partial charge in [-0.1, -0.05) is 36.2 Å². The molecule has 0 aromatic heterocycles. The smallest absolute Gasteiger partial charge is 0.265 e. The van der Waals surface area contributed by atoms with Gasteiger partial charge in [-0.05, 0) is 43.7 Å². The van der Waals surface area contributed by atoms with Crippen LogP contribution in [0.15, 0.2) is 42.5 Å². The zero-order chi connectivity index (χ0) is 16.8. The molecule has 0 bridgehead atoms. The molecule has 1 atom stereocenters. The van der Waals surface area contributed by atoms with Crippen LogP contribution in [-0.4, -0.2) is 19.1 Å².